The number of hydrogen-bond acceptors (Lipinski definition) is 1. The van der Waals surface area contributed by atoms with Gasteiger partial charge in [-0.25, -0.2) is 0 Å². The summed E-state index contributed by atoms with van der Waals surface area (Å²) in [4.78, 5) is 0. The zero-order chi connectivity index (χ0) is 10.5. The summed E-state index contributed by atoms with van der Waals surface area (Å²) in [6.45, 7) is 15.3. The summed E-state index contributed by atoms with van der Waals surface area (Å²) in [5.74, 6) is 0. The third-order valence-electron chi connectivity index (χ3n) is 1.99. The molecule has 0 N–H and O–H groups in total. The van der Waals surface area contributed by atoms with Crippen molar-refractivity contribution < 1.29 is 4.74 Å². The van der Waals surface area contributed by atoms with Crippen LogP contribution >= 0.6 is 0 Å². The van der Waals surface area contributed by atoms with E-state index in [4.69, 9.17) is 4.74 Å². The molecular weight excluding hydrogens is 183 g/mol. The molecule has 0 aromatic carbocycles. The maximum atomic E-state index is 5.59. The minimum atomic E-state index is 0. The van der Waals surface area contributed by atoms with Crippen LogP contribution in [0.3, 0.4) is 0 Å². The van der Waals surface area contributed by atoms with E-state index in [0.29, 0.717) is 10.8 Å². The molecule has 0 atom stereocenters. The predicted molar refractivity (Wildman–Crippen MR) is 64.7 cm³/mol. The van der Waals surface area contributed by atoms with E-state index < -0.39 is 0 Å². The van der Waals surface area contributed by atoms with Gasteiger partial charge in [0, 0.05) is 42.8 Å². The Labute approximate surface area is 112 Å². The molecule has 14 heavy (non-hydrogen) atoms. The normalized spacial score (nSPS) is 12.4. The number of rotatable bonds is 4. The summed E-state index contributed by atoms with van der Waals surface area (Å²) in [5.41, 5.74) is 0.809. The third-order valence-corrected chi connectivity index (χ3v) is 1.99. The van der Waals surface area contributed by atoms with Crippen molar-refractivity contribution in [1.29, 1.82) is 0 Å². The summed E-state index contributed by atoms with van der Waals surface area (Å²) in [7, 11) is 0. The first-order valence-electron chi connectivity index (χ1n) is 5.28. The zero-order valence-corrected chi connectivity index (χ0v) is 13.2. The van der Waals surface area contributed by atoms with E-state index in [-0.39, 0.29) is 29.6 Å². The Morgan fingerprint density at radius 1 is 0.714 bits per heavy atom. The maximum absolute atomic E-state index is 5.59. The van der Waals surface area contributed by atoms with E-state index in [0.717, 1.165) is 26.1 Å². The van der Waals surface area contributed by atoms with Crippen LogP contribution in [-0.4, -0.2) is 42.8 Å². The van der Waals surface area contributed by atoms with E-state index in [1.807, 2.05) is 0 Å². The van der Waals surface area contributed by atoms with Crippen molar-refractivity contribution in [3.8, 4) is 0 Å². The van der Waals surface area contributed by atoms with Crippen LogP contribution in [-0.2, 0) is 4.74 Å². The quantitative estimate of drug-likeness (QED) is 0.508. The van der Waals surface area contributed by atoms with Crippen molar-refractivity contribution >= 4 is 29.6 Å². The van der Waals surface area contributed by atoms with E-state index >= 15 is 0 Å². The van der Waals surface area contributed by atoms with Crippen molar-refractivity contribution in [3.05, 3.63) is 0 Å². The molecule has 0 aromatic heterocycles. The molecule has 0 spiro atoms. The van der Waals surface area contributed by atoms with Crippen LogP contribution in [0.5, 0.6) is 0 Å². The molecule has 1 radical (unpaired) electrons. The van der Waals surface area contributed by atoms with Crippen molar-refractivity contribution in [3.63, 3.8) is 0 Å². The van der Waals surface area contributed by atoms with Gasteiger partial charge in [-0.15, -0.1) is 0 Å². The fourth-order valence-corrected chi connectivity index (χ4v) is 0.859. The zero-order valence-electron chi connectivity index (χ0n) is 11.2. The molecule has 0 amide bonds. The molecule has 0 saturated heterocycles. The van der Waals surface area contributed by atoms with Crippen LogP contribution < -0.4 is 0 Å². The van der Waals surface area contributed by atoms with E-state index in [1.54, 1.807) is 0 Å². The molecule has 0 aliphatic rings. The van der Waals surface area contributed by atoms with Crippen LogP contribution in [0.25, 0.3) is 0 Å². The predicted octanol–water partition coefficient (Wildman–Crippen LogP) is 3.49. The second-order valence-electron chi connectivity index (χ2n) is 6.23. The van der Waals surface area contributed by atoms with Gasteiger partial charge in [0.25, 0.3) is 0 Å². The van der Waals surface area contributed by atoms with Gasteiger partial charge in [-0.2, -0.15) is 0 Å². The fourth-order valence-electron chi connectivity index (χ4n) is 0.859. The Balaban J connectivity index is 0. The van der Waals surface area contributed by atoms with Gasteiger partial charge in [-0.3, -0.25) is 0 Å². The minimum Gasteiger partial charge on any atom is -0.381 e. The Morgan fingerprint density at radius 2 is 1.00 bits per heavy atom. The molecule has 0 aliphatic carbocycles. The van der Waals surface area contributed by atoms with Crippen molar-refractivity contribution in [2.75, 3.05) is 13.2 Å². The Morgan fingerprint density at radius 3 is 1.21 bits per heavy atom. The SMILES string of the molecule is CC(C)(C)CCOCCC(C)(C)C.[Na]. The first-order chi connectivity index (χ1) is 5.71. The summed E-state index contributed by atoms with van der Waals surface area (Å²) in [6, 6.07) is 0. The molecule has 2 heteroatoms. The van der Waals surface area contributed by atoms with Crippen LogP contribution in [0.4, 0.5) is 0 Å². The molecule has 0 bridgehead atoms. The molecule has 0 saturated carbocycles. The summed E-state index contributed by atoms with van der Waals surface area (Å²) in [5, 5.41) is 0. The topological polar surface area (TPSA) is 9.23 Å². The van der Waals surface area contributed by atoms with Gasteiger partial charge in [0.05, 0.1) is 0 Å². The second-order valence-corrected chi connectivity index (χ2v) is 6.23. The molecule has 0 heterocycles. The average molecular weight is 209 g/mol. The molecule has 1 nitrogen and oxygen atoms in total. The van der Waals surface area contributed by atoms with Gasteiger partial charge < -0.3 is 4.74 Å². The Hall–Kier alpha value is 0.960. The summed E-state index contributed by atoms with van der Waals surface area (Å²) < 4.78 is 5.59. The molecule has 0 fully saturated rings. The van der Waals surface area contributed by atoms with Crippen LogP contribution in [0.1, 0.15) is 54.4 Å². The van der Waals surface area contributed by atoms with Gasteiger partial charge >= 0.3 is 0 Å². The second kappa shape index (κ2) is 7.27. The monoisotopic (exact) mass is 209 g/mol. The molecular formula is C12H26NaO. The van der Waals surface area contributed by atoms with Gasteiger partial charge in [-0.1, -0.05) is 41.5 Å². The van der Waals surface area contributed by atoms with Crippen molar-refractivity contribution in [1.82, 2.24) is 0 Å². The maximum Gasteiger partial charge on any atom is 0.0471 e. The standard InChI is InChI=1S/C12H26O.Na/c1-11(2,3)7-9-13-10-8-12(4,5)6;/h7-10H2,1-6H3;. The van der Waals surface area contributed by atoms with Crippen LogP contribution in [0.2, 0.25) is 0 Å². The van der Waals surface area contributed by atoms with Crippen LogP contribution in [0.15, 0.2) is 0 Å². The summed E-state index contributed by atoms with van der Waals surface area (Å²) in [6.07, 6.45) is 2.30. The molecule has 0 aromatic rings. The Bertz CT molecular complexity index is 114. The molecule has 0 unspecified atom stereocenters. The molecule has 0 rings (SSSR count). The first kappa shape index (κ1) is 17.4. The Kier molecular flexibility index (Phi) is 9.01. The van der Waals surface area contributed by atoms with E-state index in [1.165, 1.54) is 0 Å². The van der Waals surface area contributed by atoms with E-state index in [9.17, 15) is 0 Å². The summed E-state index contributed by atoms with van der Waals surface area (Å²) >= 11 is 0. The van der Waals surface area contributed by atoms with Crippen molar-refractivity contribution in [2.24, 2.45) is 10.8 Å². The van der Waals surface area contributed by atoms with Gasteiger partial charge in [0.2, 0.25) is 0 Å². The van der Waals surface area contributed by atoms with E-state index in [2.05, 4.69) is 41.5 Å². The number of hydrogen-bond donors (Lipinski definition) is 0. The smallest absolute Gasteiger partial charge is 0.0471 e. The average Bonchev–Trinajstić information content (AvgIpc) is 1.81. The minimum absolute atomic E-state index is 0. The van der Waals surface area contributed by atoms with Gasteiger partial charge in [0.1, 0.15) is 0 Å². The molecule has 81 valence electrons. The number of ether oxygens (including phenoxy) is 1. The van der Waals surface area contributed by atoms with Crippen LogP contribution in [0, 0.1) is 10.8 Å². The third kappa shape index (κ3) is 15.4. The van der Waals surface area contributed by atoms with Gasteiger partial charge in [0.15, 0.2) is 0 Å². The van der Waals surface area contributed by atoms with Gasteiger partial charge in [-0.05, 0) is 23.7 Å². The largest absolute Gasteiger partial charge is 0.381 e. The first-order valence-corrected chi connectivity index (χ1v) is 5.28. The molecule has 0 aliphatic heterocycles. The van der Waals surface area contributed by atoms with Crippen molar-refractivity contribution in [2.45, 2.75) is 54.4 Å². The fraction of sp³-hybridized carbons (Fsp3) is 1.00.